The molecule has 0 spiro atoms. The highest BCUT2D eigenvalue weighted by molar-refractivity contribution is 5.22. The fraction of sp³-hybridized carbons (Fsp3) is 0.273. The van der Waals surface area contributed by atoms with Crippen LogP contribution in [-0.2, 0) is 9.47 Å². The number of rotatable bonds is 2. The van der Waals surface area contributed by atoms with Crippen molar-refractivity contribution in [3.8, 4) is 0 Å². The molecular formula is C22H24O2. The Balaban J connectivity index is 1.74. The van der Waals surface area contributed by atoms with E-state index in [0.717, 1.165) is 24.0 Å². The summed E-state index contributed by atoms with van der Waals surface area (Å²) in [5, 5.41) is 0. The Morgan fingerprint density at radius 1 is 0.625 bits per heavy atom. The van der Waals surface area contributed by atoms with Gasteiger partial charge >= 0.3 is 0 Å². The summed E-state index contributed by atoms with van der Waals surface area (Å²) in [7, 11) is 0. The SMILES string of the molecule is C=C1CO[C@@H](c2ccccc2)CC(=C)CO[C@H](c2ccccc2)C1. The zero-order chi connectivity index (χ0) is 16.8. The Bertz CT molecular complexity index is 614. The Morgan fingerprint density at radius 2 is 1.00 bits per heavy atom. The molecule has 2 atom stereocenters. The predicted octanol–water partition coefficient (Wildman–Crippen LogP) is 5.41. The molecule has 0 radical (unpaired) electrons. The van der Waals surface area contributed by atoms with Crippen molar-refractivity contribution in [2.24, 2.45) is 0 Å². The first kappa shape index (κ1) is 16.7. The van der Waals surface area contributed by atoms with Crippen LogP contribution >= 0.6 is 0 Å². The van der Waals surface area contributed by atoms with Gasteiger partial charge in [-0.05, 0) is 22.3 Å². The fourth-order valence-corrected chi connectivity index (χ4v) is 2.96. The number of ether oxygens (including phenoxy) is 2. The van der Waals surface area contributed by atoms with Crippen molar-refractivity contribution in [1.29, 1.82) is 0 Å². The van der Waals surface area contributed by atoms with E-state index in [1.54, 1.807) is 0 Å². The van der Waals surface area contributed by atoms with Gasteiger partial charge in [-0.2, -0.15) is 0 Å². The van der Waals surface area contributed by atoms with Crippen molar-refractivity contribution in [1.82, 2.24) is 0 Å². The Kier molecular flexibility index (Phi) is 5.63. The molecule has 124 valence electrons. The van der Waals surface area contributed by atoms with E-state index >= 15 is 0 Å². The molecule has 0 amide bonds. The molecule has 1 heterocycles. The van der Waals surface area contributed by atoms with Gasteiger partial charge in [-0.25, -0.2) is 0 Å². The van der Waals surface area contributed by atoms with Crippen molar-refractivity contribution in [2.45, 2.75) is 25.0 Å². The van der Waals surface area contributed by atoms with Crippen LogP contribution in [0.25, 0.3) is 0 Å². The topological polar surface area (TPSA) is 18.5 Å². The fourth-order valence-electron chi connectivity index (χ4n) is 2.96. The minimum atomic E-state index is 0.00678. The Labute approximate surface area is 144 Å². The summed E-state index contributed by atoms with van der Waals surface area (Å²) >= 11 is 0. The molecule has 0 saturated carbocycles. The predicted molar refractivity (Wildman–Crippen MR) is 97.8 cm³/mol. The van der Waals surface area contributed by atoms with Crippen molar-refractivity contribution in [3.05, 3.63) is 96.1 Å². The van der Waals surface area contributed by atoms with E-state index in [4.69, 9.17) is 9.47 Å². The van der Waals surface area contributed by atoms with Gasteiger partial charge in [-0.15, -0.1) is 0 Å². The van der Waals surface area contributed by atoms with Crippen LogP contribution in [0.4, 0.5) is 0 Å². The summed E-state index contributed by atoms with van der Waals surface area (Å²) < 4.78 is 12.3. The molecule has 2 aromatic rings. The molecule has 2 aromatic carbocycles. The molecular weight excluding hydrogens is 296 g/mol. The first-order chi connectivity index (χ1) is 11.7. The van der Waals surface area contributed by atoms with E-state index in [9.17, 15) is 0 Å². The van der Waals surface area contributed by atoms with Crippen LogP contribution in [0.1, 0.15) is 36.2 Å². The lowest BCUT2D eigenvalue weighted by Crippen LogP contribution is -2.16. The van der Waals surface area contributed by atoms with E-state index < -0.39 is 0 Å². The number of benzene rings is 2. The van der Waals surface area contributed by atoms with Gasteiger partial charge in [0.2, 0.25) is 0 Å². The summed E-state index contributed by atoms with van der Waals surface area (Å²) in [6.07, 6.45) is 1.54. The monoisotopic (exact) mass is 320 g/mol. The summed E-state index contributed by atoms with van der Waals surface area (Å²) in [6, 6.07) is 20.6. The minimum Gasteiger partial charge on any atom is -0.369 e. The smallest absolute Gasteiger partial charge is 0.0867 e. The van der Waals surface area contributed by atoms with E-state index in [0.29, 0.717) is 13.2 Å². The van der Waals surface area contributed by atoms with E-state index in [2.05, 4.69) is 37.4 Å². The lowest BCUT2D eigenvalue weighted by atomic mass is 9.99. The second-order valence-electron chi connectivity index (χ2n) is 6.33. The van der Waals surface area contributed by atoms with Crippen LogP contribution < -0.4 is 0 Å². The van der Waals surface area contributed by atoms with Crippen LogP contribution in [0.2, 0.25) is 0 Å². The third-order valence-electron chi connectivity index (χ3n) is 4.27. The second kappa shape index (κ2) is 8.09. The highest BCUT2D eigenvalue weighted by atomic mass is 16.5. The zero-order valence-electron chi connectivity index (χ0n) is 14.0. The van der Waals surface area contributed by atoms with Crippen molar-refractivity contribution >= 4 is 0 Å². The van der Waals surface area contributed by atoms with E-state index in [-0.39, 0.29) is 12.2 Å². The average molecular weight is 320 g/mol. The lowest BCUT2D eigenvalue weighted by Gasteiger charge is -2.26. The van der Waals surface area contributed by atoms with Gasteiger partial charge in [0.25, 0.3) is 0 Å². The number of hydrogen-bond donors (Lipinski definition) is 0. The highest BCUT2D eigenvalue weighted by Gasteiger charge is 2.20. The zero-order valence-corrected chi connectivity index (χ0v) is 14.0. The molecule has 1 saturated heterocycles. The first-order valence-corrected chi connectivity index (χ1v) is 8.39. The van der Waals surface area contributed by atoms with Crippen molar-refractivity contribution in [2.75, 3.05) is 13.2 Å². The molecule has 1 fully saturated rings. The summed E-state index contributed by atoms with van der Waals surface area (Å²) in [6.45, 7) is 9.45. The molecule has 1 aliphatic rings. The molecule has 0 bridgehead atoms. The van der Waals surface area contributed by atoms with Gasteiger partial charge in [0.15, 0.2) is 0 Å². The van der Waals surface area contributed by atoms with Gasteiger partial charge < -0.3 is 9.47 Å². The standard InChI is InChI=1S/C22H24O2/c1-17-13-21(19-9-5-3-6-10-19)24-16-18(2)14-22(23-15-17)20-11-7-4-8-12-20/h3-12,21-22H,1-2,13-16H2/t21-,22+. The van der Waals surface area contributed by atoms with Crippen LogP contribution in [0, 0.1) is 0 Å². The maximum absolute atomic E-state index is 6.16. The van der Waals surface area contributed by atoms with Gasteiger partial charge in [0.05, 0.1) is 25.4 Å². The van der Waals surface area contributed by atoms with Gasteiger partial charge in [0, 0.05) is 12.8 Å². The maximum Gasteiger partial charge on any atom is 0.0867 e. The summed E-state index contributed by atoms with van der Waals surface area (Å²) in [5.41, 5.74) is 4.45. The minimum absolute atomic E-state index is 0.00678. The molecule has 0 aromatic heterocycles. The molecule has 0 aliphatic carbocycles. The molecule has 0 N–H and O–H groups in total. The Morgan fingerprint density at radius 3 is 1.38 bits per heavy atom. The molecule has 2 heteroatoms. The van der Waals surface area contributed by atoms with Crippen LogP contribution in [0.3, 0.4) is 0 Å². The molecule has 0 unspecified atom stereocenters. The second-order valence-corrected chi connectivity index (χ2v) is 6.33. The van der Waals surface area contributed by atoms with E-state index in [1.807, 2.05) is 36.4 Å². The molecule has 24 heavy (non-hydrogen) atoms. The van der Waals surface area contributed by atoms with Gasteiger partial charge in [-0.3, -0.25) is 0 Å². The summed E-state index contributed by atoms with van der Waals surface area (Å²) in [5.74, 6) is 0. The van der Waals surface area contributed by atoms with Crippen molar-refractivity contribution in [3.63, 3.8) is 0 Å². The quantitative estimate of drug-likeness (QED) is 0.689. The third-order valence-corrected chi connectivity index (χ3v) is 4.27. The van der Waals surface area contributed by atoms with Crippen LogP contribution in [0.5, 0.6) is 0 Å². The maximum atomic E-state index is 6.16. The highest BCUT2D eigenvalue weighted by Crippen LogP contribution is 2.31. The van der Waals surface area contributed by atoms with Crippen LogP contribution in [-0.4, -0.2) is 13.2 Å². The summed E-state index contributed by atoms with van der Waals surface area (Å²) in [4.78, 5) is 0. The largest absolute Gasteiger partial charge is 0.369 e. The number of hydrogen-bond acceptors (Lipinski definition) is 2. The first-order valence-electron chi connectivity index (χ1n) is 8.39. The lowest BCUT2D eigenvalue weighted by molar-refractivity contribution is 0.0296. The Hall–Kier alpha value is -2.16. The normalized spacial score (nSPS) is 23.0. The van der Waals surface area contributed by atoms with E-state index in [1.165, 1.54) is 11.1 Å². The molecule has 1 aliphatic heterocycles. The molecule has 3 rings (SSSR count). The van der Waals surface area contributed by atoms with Crippen molar-refractivity contribution < 1.29 is 9.47 Å². The molecule has 2 nitrogen and oxygen atoms in total. The van der Waals surface area contributed by atoms with Crippen LogP contribution in [0.15, 0.2) is 85.0 Å². The van der Waals surface area contributed by atoms with Gasteiger partial charge in [0.1, 0.15) is 0 Å². The van der Waals surface area contributed by atoms with Gasteiger partial charge in [-0.1, -0.05) is 73.8 Å². The third kappa shape index (κ3) is 4.44. The average Bonchev–Trinajstić information content (AvgIpc) is 2.63.